The van der Waals surface area contributed by atoms with Crippen molar-refractivity contribution in [3.8, 4) is 0 Å². The molecular formula is C26H25ClN2O2S2. The van der Waals surface area contributed by atoms with Crippen molar-refractivity contribution in [1.29, 1.82) is 0 Å². The number of thioether (sulfide) groups is 2. The fourth-order valence-corrected chi connectivity index (χ4v) is 5.64. The van der Waals surface area contributed by atoms with Gasteiger partial charge in [0.1, 0.15) is 5.37 Å². The molecule has 3 aromatic carbocycles. The Kier molecular flexibility index (Phi) is 8.02. The van der Waals surface area contributed by atoms with Crippen LogP contribution < -0.4 is 5.32 Å². The third kappa shape index (κ3) is 6.34. The highest BCUT2D eigenvalue weighted by molar-refractivity contribution is 8.00. The number of carbonyl (C=O) groups excluding carboxylic acids is 2. The molecule has 1 fully saturated rings. The Bertz CT molecular complexity index is 1100. The minimum Gasteiger partial charge on any atom is -0.351 e. The van der Waals surface area contributed by atoms with Crippen molar-refractivity contribution in [2.24, 2.45) is 0 Å². The van der Waals surface area contributed by atoms with Gasteiger partial charge in [-0.3, -0.25) is 9.59 Å². The van der Waals surface area contributed by atoms with Gasteiger partial charge in [-0.15, -0.1) is 23.5 Å². The summed E-state index contributed by atoms with van der Waals surface area (Å²) in [6.45, 7) is 3.20. The predicted octanol–water partition coefficient (Wildman–Crippen LogP) is 5.94. The smallest absolute Gasteiger partial charge is 0.251 e. The number of nitrogens with one attached hydrogen (secondary N) is 1. The number of hydrogen-bond acceptors (Lipinski definition) is 4. The Morgan fingerprint density at radius 3 is 2.45 bits per heavy atom. The predicted molar refractivity (Wildman–Crippen MR) is 138 cm³/mol. The minimum absolute atomic E-state index is 0.0591. The highest BCUT2D eigenvalue weighted by Crippen LogP contribution is 2.39. The Morgan fingerprint density at radius 1 is 1.06 bits per heavy atom. The molecule has 1 aliphatic heterocycles. The summed E-state index contributed by atoms with van der Waals surface area (Å²) in [4.78, 5) is 28.1. The molecule has 0 spiro atoms. The van der Waals surface area contributed by atoms with E-state index in [2.05, 4.69) is 36.5 Å². The zero-order chi connectivity index (χ0) is 23.2. The average Bonchev–Trinajstić information content (AvgIpc) is 3.19. The SMILES string of the molecule is Cc1ccc(SCCNC(=O)c2ccc([C@H]3SCC(=O)N3Cc3ccc(Cl)cc3)cc2)cc1. The van der Waals surface area contributed by atoms with Gasteiger partial charge in [0.25, 0.3) is 5.91 Å². The van der Waals surface area contributed by atoms with Gasteiger partial charge in [-0.05, 0) is 54.4 Å². The molecule has 4 rings (SSSR count). The van der Waals surface area contributed by atoms with E-state index in [1.54, 1.807) is 23.5 Å². The second kappa shape index (κ2) is 11.1. The Morgan fingerprint density at radius 2 is 1.76 bits per heavy atom. The van der Waals surface area contributed by atoms with Crippen molar-refractivity contribution >= 4 is 46.9 Å². The zero-order valence-corrected chi connectivity index (χ0v) is 20.7. The first kappa shape index (κ1) is 23.7. The van der Waals surface area contributed by atoms with Gasteiger partial charge < -0.3 is 10.2 Å². The topological polar surface area (TPSA) is 49.4 Å². The highest BCUT2D eigenvalue weighted by atomic mass is 35.5. The fourth-order valence-electron chi connectivity index (χ4n) is 3.56. The summed E-state index contributed by atoms with van der Waals surface area (Å²) < 4.78 is 0. The van der Waals surface area contributed by atoms with Crippen molar-refractivity contribution in [2.45, 2.75) is 23.7 Å². The normalized spacial score (nSPS) is 15.6. The monoisotopic (exact) mass is 496 g/mol. The van der Waals surface area contributed by atoms with Crippen LogP contribution >= 0.6 is 35.1 Å². The highest BCUT2D eigenvalue weighted by Gasteiger charge is 2.32. The van der Waals surface area contributed by atoms with Crippen molar-refractivity contribution in [2.75, 3.05) is 18.1 Å². The molecule has 0 aromatic heterocycles. The molecule has 1 heterocycles. The van der Waals surface area contributed by atoms with E-state index < -0.39 is 0 Å². The quantitative estimate of drug-likeness (QED) is 0.309. The maximum atomic E-state index is 12.5. The van der Waals surface area contributed by atoms with Gasteiger partial charge in [0, 0.05) is 34.3 Å². The van der Waals surface area contributed by atoms with Crippen LogP contribution in [0.3, 0.4) is 0 Å². The summed E-state index contributed by atoms with van der Waals surface area (Å²) in [7, 11) is 0. The largest absolute Gasteiger partial charge is 0.351 e. The lowest BCUT2D eigenvalue weighted by Gasteiger charge is -2.24. The van der Waals surface area contributed by atoms with Gasteiger partial charge in [0.15, 0.2) is 0 Å². The molecule has 0 aliphatic carbocycles. The number of carbonyl (C=O) groups is 2. The average molecular weight is 497 g/mol. The van der Waals surface area contributed by atoms with E-state index >= 15 is 0 Å². The molecule has 33 heavy (non-hydrogen) atoms. The first-order chi connectivity index (χ1) is 16.0. The van der Waals surface area contributed by atoms with Crippen LogP contribution in [0.15, 0.2) is 77.7 Å². The van der Waals surface area contributed by atoms with E-state index in [0.717, 1.165) is 16.9 Å². The molecule has 1 N–H and O–H groups in total. The molecule has 1 aliphatic rings. The molecule has 1 atom stereocenters. The lowest BCUT2D eigenvalue weighted by molar-refractivity contribution is -0.128. The zero-order valence-electron chi connectivity index (χ0n) is 18.3. The second-order valence-corrected chi connectivity index (χ2v) is 10.5. The van der Waals surface area contributed by atoms with Crippen LogP contribution in [0.1, 0.15) is 32.4 Å². The maximum absolute atomic E-state index is 12.5. The molecule has 4 nitrogen and oxygen atoms in total. The molecule has 0 unspecified atom stereocenters. The summed E-state index contributed by atoms with van der Waals surface area (Å²) >= 11 is 9.31. The molecule has 1 saturated heterocycles. The van der Waals surface area contributed by atoms with E-state index in [9.17, 15) is 9.59 Å². The van der Waals surface area contributed by atoms with Crippen LogP contribution in [-0.4, -0.2) is 34.8 Å². The third-order valence-corrected chi connectivity index (χ3v) is 7.89. The second-order valence-electron chi connectivity index (χ2n) is 7.85. The molecule has 0 saturated carbocycles. The fraction of sp³-hybridized carbons (Fsp3) is 0.231. The van der Waals surface area contributed by atoms with Gasteiger partial charge in [-0.2, -0.15) is 0 Å². The molecule has 170 valence electrons. The molecule has 0 bridgehead atoms. The van der Waals surface area contributed by atoms with E-state index in [1.807, 2.05) is 53.4 Å². The number of halogens is 1. The lowest BCUT2D eigenvalue weighted by Crippen LogP contribution is -2.28. The Balaban J connectivity index is 1.31. The van der Waals surface area contributed by atoms with E-state index in [-0.39, 0.29) is 17.2 Å². The summed E-state index contributed by atoms with van der Waals surface area (Å²) in [5, 5.41) is 3.60. The molecule has 7 heteroatoms. The van der Waals surface area contributed by atoms with Crippen LogP contribution in [0.25, 0.3) is 0 Å². The number of rotatable bonds is 8. The third-order valence-electron chi connectivity index (χ3n) is 5.37. The number of aryl methyl sites for hydroxylation is 1. The first-order valence-corrected chi connectivity index (χ1v) is 13.1. The van der Waals surface area contributed by atoms with E-state index in [1.165, 1.54) is 10.5 Å². The molecule has 2 amide bonds. The minimum atomic E-state index is -0.0840. The van der Waals surface area contributed by atoms with Crippen LogP contribution in [0.4, 0.5) is 0 Å². The van der Waals surface area contributed by atoms with Crippen LogP contribution in [-0.2, 0) is 11.3 Å². The molecule has 3 aromatic rings. The van der Waals surface area contributed by atoms with Crippen molar-refractivity contribution in [3.05, 3.63) is 100 Å². The summed E-state index contributed by atoms with van der Waals surface area (Å²) in [5.41, 5.74) is 3.92. The summed E-state index contributed by atoms with van der Waals surface area (Å²) in [5.74, 6) is 1.30. The van der Waals surface area contributed by atoms with Crippen LogP contribution in [0, 0.1) is 6.92 Å². The summed E-state index contributed by atoms with van der Waals surface area (Å²) in [6, 6.07) is 23.5. The van der Waals surface area contributed by atoms with Gasteiger partial charge in [0.05, 0.1) is 5.75 Å². The van der Waals surface area contributed by atoms with E-state index in [0.29, 0.717) is 29.4 Å². The van der Waals surface area contributed by atoms with E-state index in [4.69, 9.17) is 11.6 Å². The van der Waals surface area contributed by atoms with Gasteiger partial charge in [-0.1, -0.05) is 53.6 Å². The van der Waals surface area contributed by atoms with Crippen molar-refractivity contribution in [1.82, 2.24) is 10.2 Å². The number of hydrogen-bond donors (Lipinski definition) is 1. The summed E-state index contributed by atoms with van der Waals surface area (Å²) in [6.07, 6.45) is 0. The number of benzene rings is 3. The van der Waals surface area contributed by atoms with Crippen LogP contribution in [0.5, 0.6) is 0 Å². The molecule has 0 radical (unpaired) electrons. The van der Waals surface area contributed by atoms with Gasteiger partial charge >= 0.3 is 0 Å². The maximum Gasteiger partial charge on any atom is 0.251 e. The van der Waals surface area contributed by atoms with Crippen LogP contribution in [0.2, 0.25) is 5.02 Å². The standard InChI is InChI=1S/C26H25ClN2O2S2/c1-18-2-12-23(13-3-18)32-15-14-28-25(31)20-6-8-21(9-7-20)26-29(24(30)17-33-26)16-19-4-10-22(27)11-5-19/h2-13,26H,14-17H2,1H3,(H,28,31)/t26-/m1/s1. The lowest BCUT2D eigenvalue weighted by atomic mass is 10.1. The number of nitrogens with zero attached hydrogens (tertiary/aromatic N) is 1. The van der Waals surface area contributed by atoms with Gasteiger partial charge in [0.2, 0.25) is 5.91 Å². The van der Waals surface area contributed by atoms with Gasteiger partial charge in [-0.25, -0.2) is 0 Å². The molecular weight excluding hydrogens is 472 g/mol. The number of amides is 2. The van der Waals surface area contributed by atoms with Crippen molar-refractivity contribution in [3.63, 3.8) is 0 Å². The Labute approximate surface area is 208 Å². The first-order valence-electron chi connectivity index (χ1n) is 10.7. The van der Waals surface area contributed by atoms with Crippen molar-refractivity contribution < 1.29 is 9.59 Å². The Hall–Kier alpha value is -2.41.